The highest BCUT2D eigenvalue weighted by atomic mass is 28.4. The summed E-state index contributed by atoms with van der Waals surface area (Å²) in [5.41, 5.74) is -0.449. The topological polar surface area (TPSA) is 47.9 Å². The molecule has 0 bridgehead atoms. The van der Waals surface area contributed by atoms with Crippen molar-refractivity contribution in [3.05, 3.63) is 0 Å². The van der Waals surface area contributed by atoms with Gasteiger partial charge in [0, 0.05) is 12.8 Å². The minimum absolute atomic E-state index is 0.00690. The van der Waals surface area contributed by atoms with Crippen LogP contribution in [0.25, 0.3) is 0 Å². The van der Waals surface area contributed by atoms with Gasteiger partial charge in [-0.05, 0) is 50.7 Å². The van der Waals surface area contributed by atoms with E-state index in [4.69, 9.17) is 9.16 Å². The third-order valence-electron chi connectivity index (χ3n) is 4.04. The molecule has 0 aromatic carbocycles. The van der Waals surface area contributed by atoms with Gasteiger partial charge in [0.05, 0.1) is 0 Å². The van der Waals surface area contributed by atoms with Crippen LogP contribution in [-0.2, 0) is 14.0 Å². The van der Waals surface area contributed by atoms with E-state index >= 15 is 0 Å². The Morgan fingerprint density at radius 1 is 1.04 bits per heavy atom. The Hall–Kier alpha value is -0.683. The van der Waals surface area contributed by atoms with Gasteiger partial charge in [-0.15, -0.1) is 0 Å². The van der Waals surface area contributed by atoms with Crippen LogP contribution >= 0.6 is 0 Å². The molecule has 0 aromatic heterocycles. The molecule has 23 heavy (non-hydrogen) atoms. The Morgan fingerprint density at radius 2 is 1.57 bits per heavy atom. The van der Waals surface area contributed by atoms with Gasteiger partial charge in [0.2, 0.25) is 0 Å². The van der Waals surface area contributed by atoms with Gasteiger partial charge in [-0.25, -0.2) is 0 Å². The van der Waals surface area contributed by atoms with Crippen molar-refractivity contribution in [2.45, 2.75) is 85.5 Å². The van der Waals surface area contributed by atoms with E-state index in [1.165, 1.54) is 0 Å². The molecule has 0 saturated carbocycles. The molecule has 0 rings (SSSR count). The van der Waals surface area contributed by atoms with Crippen LogP contribution in [0.4, 0.5) is 0 Å². The van der Waals surface area contributed by atoms with Gasteiger partial charge in [0.25, 0.3) is 0 Å². The van der Waals surface area contributed by atoms with Crippen LogP contribution in [0.2, 0.25) is 18.1 Å². The third kappa shape index (κ3) is 9.92. The molecule has 0 aliphatic rings. The quantitative estimate of drug-likeness (QED) is 0.377. The number of nitrogens with zero attached hydrogens (tertiary/aromatic N) is 1. The van der Waals surface area contributed by atoms with Crippen molar-refractivity contribution in [2.24, 2.45) is 10.4 Å². The van der Waals surface area contributed by atoms with Crippen molar-refractivity contribution < 1.29 is 14.0 Å². The van der Waals surface area contributed by atoms with E-state index in [1.54, 1.807) is 0 Å². The van der Waals surface area contributed by atoms with Gasteiger partial charge < -0.3 is 9.16 Å². The maximum absolute atomic E-state index is 11.6. The van der Waals surface area contributed by atoms with E-state index in [0.29, 0.717) is 6.61 Å². The lowest BCUT2D eigenvalue weighted by molar-refractivity contribution is -0.152. The number of rotatable bonds is 7. The molecule has 0 aliphatic heterocycles. The summed E-state index contributed by atoms with van der Waals surface area (Å²) in [6, 6.07) is 0. The summed E-state index contributed by atoms with van der Waals surface area (Å²) in [7, 11) is -1.73. The lowest BCUT2D eigenvalue weighted by atomic mass is 9.91. The average molecular weight is 344 g/mol. The fourth-order valence-electron chi connectivity index (χ4n) is 1.48. The number of carbonyl (C=O) groups excluding carboxylic acids is 1. The number of aliphatic imine (C=N–C) groups is 1. The molecular formula is C18H37NO3Si. The molecule has 0 atom stereocenters. The summed E-state index contributed by atoms with van der Waals surface area (Å²) in [6.45, 7) is 22.0. The molecule has 0 spiro atoms. The first kappa shape index (κ1) is 22.3. The number of hydrogen-bond donors (Lipinski definition) is 0. The first-order chi connectivity index (χ1) is 10.1. The Balaban J connectivity index is 4.33. The summed E-state index contributed by atoms with van der Waals surface area (Å²) >= 11 is 0. The van der Waals surface area contributed by atoms with Crippen molar-refractivity contribution in [3.63, 3.8) is 0 Å². The number of ether oxygens (including phenoxy) is 1. The molecule has 0 aliphatic carbocycles. The molecule has 0 unspecified atom stereocenters. The van der Waals surface area contributed by atoms with Crippen molar-refractivity contribution in [1.29, 1.82) is 0 Å². The molecular weight excluding hydrogens is 306 g/mol. The fourth-order valence-corrected chi connectivity index (χ4v) is 2.66. The number of carbonyl (C=O) groups is 1. The predicted octanol–water partition coefficient (Wildman–Crippen LogP) is 4.84. The second-order valence-electron chi connectivity index (χ2n) is 9.53. The van der Waals surface area contributed by atoms with Crippen molar-refractivity contribution in [2.75, 3.05) is 13.2 Å². The van der Waals surface area contributed by atoms with Crippen molar-refractivity contribution >= 4 is 20.5 Å². The summed E-state index contributed by atoms with van der Waals surface area (Å²) in [5.74, 6) is -0.288. The molecule has 0 fully saturated rings. The summed E-state index contributed by atoms with van der Waals surface area (Å²) < 4.78 is 11.5. The van der Waals surface area contributed by atoms with Crippen LogP contribution in [0, 0.1) is 5.41 Å². The normalized spacial score (nSPS) is 14.3. The van der Waals surface area contributed by atoms with Crippen LogP contribution < -0.4 is 0 Å². The first-order valence-corrected chi connectivity index (χ1v) is 11.3. The van der Waals surface area contributed by atoms with E-state index in [2.05, 4.69) is 52.7 Å². The van der Waals surface area contributed by atoms with Crippen LogP contribution in [0.15, 0.2) is 4.99 Å². The molecule has 0 heterocycles. The van der Waals surface area contributed by atoms with Gasteiger partial charge in [0.1, 0.15) is 12.1 Å². The molecule has 0 amide bonds. The smallest absolute Gasteiger partial charge is 0.328 e. The van der Waals surface area contributed by atoms with Crippen molar-refractivity contribution in [3.8, 4) is 0 Å². The van der Waals surface area contributed by atoms with Gasteiger partial charge >= 0.3 is 5.97 Å². The van der Waals surface area contributed by atoms with Crippen LogP contribution in [-0.4, -0.2) is 39.3 Å². The molecule has 0 saturated heterocycles. The highest BCUT2D eigenvalue weighted by Crippen LogP contribution is 2.37. The standard InChI is InChI=1S/C18H37NO3Si/c1-16(2,3)22-15(20)13-19-12-11-18(7,8)14-21-23(9,10)17(4,5)6/h12H,11,13-14H2,1-10H3/b19-12+. The lowest BCUT2D eigenvalue weighted by Crippen LogP contribution is -2.43. The SMILES string of the molecule is CC(C)(C/C=N/CC(=O)OC(C)(C)C)CO[Si](C)(C)C(C)(C)C. The Kier molecular flexibility index (Phi) is 7.69. The maximum Gasteiger partial charge on any atom is 0.328 e. The lowest BCUT2D eigenvalue weighted by Gasteiger charge is -2.38. The van der Waals surface area contributed by atoms with Gasteiger partial charge in [-0.3, -0.25) is 9.79 Å². The fraction of sp³-hybridized carbons (Fsp3) is 0.889. The van der Waals surface area contributed by atoms with Crippen LogP contribution in [0.1, 0.15) is 61.8 Å². The third-order valence-corrected chi connectivity index (χ3v) is 8.52. The van der Waals surface area contributed by atoms with Gasteiger partial charge in [0.15, 0.2) is 8.32 Å². The Morgan fingerprint density at radius 3 is 2.00 bits per heavy atom. The zero-order chi connectivity index (χ0) is 18.5. The minimum Gasteiger partial charge on any atom is -0.459 e. The predicted molar refractivity (Wildman–Crippen MR) is 101 cm³/mol. The molecule has 0 aromatic rings. The van der Waals surface area contributed by atoms with Crippen molar-refractivity contribution in [1.82, 2.24) is 0 Å². The monoisotopic (exact) mass is 343 g/mol. The second-order valence-corrected chi connectivity index (χ2v) is 14.3. The number of esters is 1. The number of hydrogen-bond acceptors (Lipinski definition) is 4. The van der Waals surface area contributed by atoms with Gasteiger partial charge in [-0.1, -0.05) is 34.6 Å². The van der Waals surface area contributed by atoms with Crippen LogP contribution in [0.5, 0.6) is 0 Å². The highest BCUT2D eigenvalue weighted by Gasteiger charge is 2.38. The zero-order valence-electron chi connectivity index (χ0n) is 16.9. The van der Waals surface area contributed by atoms with E-state index in [0.717, 1.165) is 6.42 Å². The molecule has 5 heteroatoms. The zero-order valence-corrected chi connectivity index (χ0v) is 17.9. The minimum atomic E-state index is -1.73. The van der Waals surface area contributed by atoms with E-state index in [-0.39, 0.29) is 23.0 Å². The Bertz CT molecular complexity index is 415. The molecule has 0 N–H and O–H groups in total. The summed E-state index contributed by atoms with van der Waals surface area (Å²) in [4.78, 5) is 15.8. The maximum atomic E-state index is 11.6. The van der Waals surface area contributed by atoms with E-state index < -0.39 is 13.9 Å². The largest absolute Gasteiger partial charge is 0.459 e. The second kappa shape index (κ2) is 7.93. The average Bonchev–Trinajstić information content (AvgIpc) is 2.29. The molecule has 136 valence electrons. The summed E-state index contributed by atoms with van der Waals surface area (Å²) in [6.07, 6.45) is 2.60. The summed E-state index contributed by atoms with van der Waals surface area (Å²) in [5, 5.41) is 0.216. The highest BCUT2D eigenvalue weighted by molar-refractivity contribution is 6.74. The van der Waals surface area contributed by atoms with Gasteiger partial charge in [-0.2, -0.15) is 0 Å². The molecule has 0 radical (unpaired) electrons. The Labute approximate surface area is 144 Å². The van der Waals surface area contributed by atoms with E-state index in [1.807, 2.05) is 27.0 Å². The van der Waals surface area contributed by atoms with E-state index in [9.17, 15) is 4.79 Å². The first-order valence-electron chi connectivity index (χ1n) is 8.40. The molecule has 4 nitrogen and oxygen atoms in total. The van der Waals surface area contributed by atoms with Crippen LogP contribution in [0.3, 0.4) is 0 Å².